The van der Waals surface area contributed by atoms with Crippen LogP contribution in [0.1, 0.15) is 57.8 Å². The van der Waals surface area contributed by atoms with E-state index in [1.165, 1.54) is 23.9 Å². The molecule has 0 aromatic heterocycles. The van der Waals surface area contributed by atoms with E-state index in [1.54, 1.807) is 61.5 Å². The molecule has 0 aliphatic carbocycles. The molecule has 2 amide bonds. The van der Waals surface area contributed by atoms with Gasteiger partial charge in [0.15, 0.2) is 0 Å². The number of esters is 1. The molecule has 0 bridgehead atoms. The van der Waals surface area contributed by atoms with Crippen molar-refractivity contribution in [2.45, 2.75) is 36.8 Å². The number of rotatable bonds is 11. The van der Waals surface area contributed by atoms with Crippen molar-refractivity contribution in [3.63, 3.8) is 0 Å². The van der Waals surface area contributed by atoms with Crippen LogP contribution in [0, 0.1) is 0 Å². The summed E-state index contributed by atoms with van der Waals surface area (Å²) in [6, 6.07) is 19.4. The lowest BCUT2D eigenvalue weighted by Crippen LogP contribution is -2.22. The molecule has 0 heterocycles. The minimum Gasteiger partial charge on any atom is -0.478 e. The molecule has 3 aromatic carbocycles. The molecular formula is C28H28N2O6S. The smallest absolute Gasteiger partial charge is 0.338 e. The number of carboxylic acid groups (broad SMARTS) is 1. The van der Waals surface area contributed by atoms with E-state index in [4.69, 9.17) is 4.74 Å². The summed E-state index contributed by atoms with van der Waals surface area (Å²) in [7, 11) is 0. The number of unbranched alkanes of at least 4 members (excludes halogenated alkanes) is 1. The number of ether oxygens (including phenoxy) is 1. The molecule has 0 fully saturated rings. The fourth-order valence-corrected chi connectivity index (χ4v) is 4.22. The lowest BCUT2D eigenvalue weighted by Gasteiger charge is -2.13. The van der Waals surface area contributed by atoms with Crippen LogP contribution in [0.3, 0.4) is 0 Å². The van der Waals surface area contributed by atoms with Gasteiger partial charge in [-0.05, 0) is 67.9 Å². The summed E-state index contributed by atoms with van der Waals surface area (Å²) in [6.45, 7) is 4.15. The van der Waals surface area contributed by atoms with Crippen LogP contribution in [0.4, 0.5) is 11.4 Å². The number of anilines is 2. The van der Waals surface area contributed by atoms with Crippen molar-refractivity contribution >= 4 is 46.9 Å². The fraction of sp³-hybridized carbons (Fsp3) is 0.214. The highest BCUT2D eigenvalue weighted by Gasteiger charge is 2.18. The van der Waals surface area contributed by atoms with E-state index in [0.717, 1.165) is 17.7 Å². The first kappa shape index (κ1) is 27.5. The molecule has 8 nitrogen and oxygen atoms in total. The van der Waals surface area contributed by atoms with Gasteiger partial charge in [-0.15, -0.1) is 11.8 Å². The highest BCUT2D eigenvalue weighted by molar-refractivity contribution is 8.00. The van der Waals surface area contributed by atoms with Gasteiger partial charge in [0, 0.05) is 16.3 Å². The van der Waals surface area contributed by atoms with E-state index in [2.05, 4.69) is 10.6 Å². The Morgan fingerprint density at radius 2 is 1.59 bits per heavy atom. The van der Waals surface area contributed by atoms with Crippen LogP contribution in [-0.2, 0) is 9.53 Å². The summed E-state index contributed by atoms with van der Waals surface area (Å²) in [4.78, 5) is 49.5. The van der Waals surface area contributed by atoms with Crippen molar-refractivity contribution in [2.24, 2.45) is 0 Å². The molecule has 37 heavy (non-hydrogen) atoms. The van der Waals surface area contributed by atoms with Gasteiger partial charge in [-0.1, -0.05) is 31.5 Å². The van der Waals surface area contributed by atoms with Crippen molar-refractivity contribution in [3.05, 3.63) is 89.5 Å². The van der Waals surface area contributed by atoms with Gasteiger partial charge in [-0.3, -0.25) is 9.59 Å². The number of carboxylic acids is 1. The van der Waals surface area contributed by atoms with Crippen LogP contribution in [0.15, 0.2) is 77.7 Å². The maximum atomic E-state index is 12.7. The van der Waals surface area contributed by atoms with Gasteiger partial charge in [0.1, 0.15) is 0 Å². The van der Waals surface area contributed by atoms with E-state index in [0.29, 0.717) is 23.5 Å². The predicted octanol–water partition coefficient (Wildman–Crippen LogP) is 5.71. The van der Waals surface area contributed by atoms with E-state index >= 15 is 0 Å². The summed E-state index contributed by atoms with van der Waals surface area (Å²) in [5, 5.41) is 14.4. The Morgan fingerprint density at radius 3 is 2.27 bits per heavy atom. The van der Waals surface area contributed by atoms with Gasteiger partial charge in [-0.2, -0.15) is 0 Å². The number of nitrogens with one attached hydrogen (secondary N) is 2. The first-order valence-electron chi connectivity index (χ1n) is 11.8. The minimum absolute atomic E-state index is 0.0565. The van der Waals surface area contributed by atoms with Crippen LogP contribution < -0.4 is 10.6 Å². The van der Waals surface area contributed by atoms with Gasteiger partial charge in [-0.25, -0.2) is 9.59 Å². The standard InChI is InChI=1S/C28H28N2O6S/c1-3-4-16-36-28(35)19-12-14-20(15-13-19)29-25(31)18(2)37-22-9-7-8-21(17-22)30-26(32)23-10-5-6-11-24(23)27(33)34/h5-15,17-18H,3-4,16H2,1-2H3,(H,29,31)(H,30,32)(H,33,34). The lowest BCUT2D eigenvalue weighted by atomic mass is 10.1. The maximum Gasteiger partial charge on any atom is 0.338 e. The number of carbonyl (C=O) groups excluding carboxylic acids is 3. The molecule has 0 spiro atoms. The van der Waals surface area contributed by atoms with Crippen molar-refractivity contribution in [2.75, 3.05) is 17.2 Å². The van der Waals surface area contributed by atoms with Gasteiger partial charge >= 0.3 is 11.9 Å². The van der Waals surface area contributed by atoms with Crippen LogP contribution in [0.5, 0.6) is 0 Å². The summed E-state index contributed by atoms with van der Waals surface area (Å²) < 4.78 is 5.19. The normalized spacial score (nSPS) is 11.3. The fourth-order valence-electron chi connectivity index (χ4n) is 3.30. The minimum atomic E-state index is -1.18. The Kier molecular flexibility index (Phi) is 9.85. The second kappa shape index (κ2) is 13.3. The molecule has 0 aliphatic rings. The summed E-state index contributed by atoms with van der Waals surface area (Å²) in [5.41, 5.74) is 1.42. The molecule has 3 aromatic rings. The van der Waals surface area contributed by atoms with Crippen molar-refractivity contribution in [1.82, 2.24) is 0 Å². The second-order valence-electron chi connectivity index (χ2n) is 8.15. The van der Waals surface area contributed by atoms with Crippen LogP contribution in [0.2, 0.25) is 0 Å². The zero-order valence-electron chi connectivity index (χ0n) is 20.5. The number of aromatic carboxylic acids is 1. The third kappa shape index (κ3) is 7.94. The number of amides is 2. The highest BCUT2D eigenvalue weighted by Crippen LogP contribution is 2.27. The Labute approximate surface area is 219 Å². The van der Waals surface area contributed by atoms with Gasteiger partial charge in [0.05, 0.1) is 28.5 Å². The third-order valence-electron chi connectivity index (χ3n) is 5.30. The van der Waals surface area contributed by atoms with E-state index in [1.807, 2.05) is 13.0 Å². The van der Waals surface area contributed by atoms with E-state index in [-0.39, 0.29) is 17.0 Å². The molecule has 0 aliphatic heterocycles. The monoisotopic (exact) mass is 520 g/mol. The molecular weight excluding hydrogens is 492 g/mol. The summed E-state index contributed by atoms with van der Waals surface area (Å²) >= 11 is 1.30. The molecule has 0 saturated heterocycles. The summed E-state index contributed by atoms with van der Waals surface area (Å²) in [6.07, 6.45) is 1.75. The Hall–Kier alpha value is -4.11. The van der Waals surface area contributed by atoms with Crippen LogP contribution >= 0.6 is 11.8 Å². The van der Waals surface area contributed by atoms with Gasteiger partial charge in [0.25, 0.3) is 5.91 Å². The number of hydrogen-bond donors (Lipinski definition) is 3. The topological polar surface area (TPSA) is 122 Å². The Balaban J connectivity index is 1.58. The molecule has 3 rings (SSSR count). The first-order chi connectivity index (χ1) is 17.8. The number of thioether (sulfide) groups is 1. The molecule has 192 valence electrons. The third-order valence-corrected chi connectivity index (χ3v) is 6.39. The number of carbonyl (C=O) groups is 4. The van der Waals surface area contributed by atoms with E-state index in [9.17, 15) is 24.3 Å². The van der Waals surface area contributed by atoms with Crippen molar-refractivity contribution in [3.8, 4) is 0 Å². The Bertz CT molecular complexity index is 1280. The van der Waals surface area contributed by atoms with Crippen molar-refractivity contribution < 1.29 is 29.0 Å². The quantitative estimate of drug-likeness (QED) is 0.168. The van der Waals surface area contributed by atoms with Gasteiger partial charge < -0.3 is 20.5 Å². The number of hydrogen-bond acceptors (Lipinski definition) is 6. The lowest BCUT2D eigenvalue weighted by molar-refractivity contribution is -0.115. The molecule has 0 saturated carbocycles. The van der Waals surface area contributed by atoms with Gasteiger partial charge in [0.2, 0.25) is 5.91 Å². The van der Waals surface area contributed by atoms with Crippen molar-refractivity contribution in [1.29, 1.82) is 0 Å². The van der Waals surface area contributed by atoms with Crippen LogP contribution in [0.25, 0.3) is 0 Å². The predicted molar refractivity (Wildman–Crippen MR) is 143 cm³/mol. The average Bonchev–Trinajstić information content (AvgIpc) is 2.89. The largest absolute Gasteiger partial charge is 0.478 e. The summed E-state index contributed by atoms with van der Waals surface area (Å²) in [5.74, 6) is -2.35. The average molecular weight is 521 g/mol. The molecule has 0 radical (unpaired) electrons. The zero-order chi connectivity index (χ0) is 26.8. The SMILES string of the molecule is CCCCOC(=O)c1ccc(NC(=O)C(C)Sc2cccc(NC(=O)c3ccccc3C(=O)O)c2)cc1. The first-order valence-corrected chi connectivity index (χ1v) is 12.6. The zero-order valence-corrected chi connectivity index (χ0v) is 21.3. The second-order valence-corrected chi connectivity index (χ2v) is 9.56. The number of benzene rings is 3. The molecule has 3 N–H and O–H groups in total. The Morgan fingerprint density at radius 1 is 0.892 bits per heavy atom. The van der Waals surface area contributed by atoms with Crippen LogP contribution in [-0.4, -0.2) is 40.7 Å². The van der Waals surface area contributed by atoms with E-state index < -0.39 is 23.1 Å². The molecule has 1 unspecified atom stereocenters. The maximum absolute atomic E-state index is 12.7. The highest BCUT2D eigenvalue weighted by atomic mass is 32.2. The molecule has 9 heteroatoms. The molecule has 1 atom stereocenters.